The smallest absolute Gasteiger partial charge is 0.305 e. The Kier molecular flexibility index (Phi) is 8.68. The van der Waals surface area contributed by atoms with Crippen LogP contribution in [0.5, 0.6) is 0 Å². The van der Waals surface area contributed by atoms with Crippen LogP contribution < -0.4 is 16.0 Å². The summed E-state index contributed by atoms with van der Waals surface area (Å²) >= 11 is 0. The Morgan fingerprint density at radius 2 is 1.97 bits per heavy atom. The van der Waals surface area contributed by atoms with Crippen LogP contribution in [0.25, 0.3) is 0 Å². The fourth-order valence-corrected chi connectivity index (χ4v) is 4.21. The van der Waals surface area contributed by atoms with Crippen LogP contribution in [0.15, 0.2) is 23.2 Å². The van der Waals surface area contributed by atoms with E-state index in [1.54, 1.807) is 0 Å². The molecule has 1 fully saturated rings. The normalized spacial score (nSPS) is 17.2. The van der Waals surface area contributed by atoms with Crippen LogP contribution in [0.1, 0.15) is 54.8 Å². The van der Waals surface area contributed by atoms with Gasteiger partial charge in [0.05, 0.1) is 19.0 Å². The monoisotopic (exact) mass is 457 g/mol. The molecule has 1 aromatic rings. The lowest BCUT2D eigenvalue weighted by Crippen LogP contribution is -2.44. The van der Waals surface area contributed by atoms with Crippen molar-refractivity contribution in [1.82, 2.24) is 20.9 Å². The number of rotatable bonds is 9. The van der Waals surface area contributed by atoms with Crippen molar-refractivity contribution in [3.05, 3.63) is 34.9 Å². The minimum atomic E-state index is -0.954. The average Bonchev–Trinajstić information content (AvgIpc) is 3.31. The van der Waals surface area contributed by atoms with Crippen molar-refractivity contribution in [2.45, 2.75) is 52.0 Å². The molecule has 180 valence electrons. The molecule has 4 N–H and O–H groups in total. The molecule has 0 spiro atoms. The third kappa shape index (κ3) is 7.20. The predicted octanol–water partition coefficient (Wildman–Crippen LogP) is 1.50. The summed E-state index contributed by atoms with van der Waals surface area (Å²) in [6.07, 6.45) is 2.20. The van der Waals surface area contributed by atoms with Crippen LogP contribution >= 0.6 is 0 Å². The number of carboxylic acid groups (broad SMARTS) is 1. The lowest BCUT2D eigenvalue weighted by Gasteiger charge is -2.32. The molecule has 1 saturated heterocycles. The second-order valence-electron chi connectivity index (χ2n) is 8.85. The van der Waals surface area contributed by atoms with E-state index in [2.05, 4.69) is 20.9 Å². The van der Waals surface area contributed by atoms with Crippen molar-refractivity contribution in [3.8, 4) is 0 Å². The number of hydrogen-bond donors (Lipinski definition) is 4. The highest BCUT2D eigenvalue weighted by Gasteiger charge is 2.29. The molecule has 1 aromatic carbocycles. The fraction of sp³-hybridized carbons (Fsp3) is 0.583. The molecule has 0 aromatic heterocycles. The number of guanidine groups is 1. The molecule has 3 rings (SSSR count). The number of nitrogens with one attached hydrogen (secondary N) is 3. The highest BCUT2D eigenvalue weighted by molar-refractivity contribution is 5.82. The van der Waals surface area contributed by atoms with Crippen LogP contribution in [-0.4, -0.2) is 66.5 Å². The molecule has 9 nitrogen and oxygen atoms in total. The summed E-state index contributed by atoms with van der Waals surface area (Å²) in [5.74, 6) is -0.401. The summed E-state index contributed by atoms with van der Waals surface area (Å²) < 4.78 is 0. The standard InChI is InChI=1S/C24H35N5O4/c1-16-5-6-19(14-17(16)2)20(15-22(31)32)28-23(33)18-7-12-29(13-8-18)21(30)4-3-9-25-24-26-10-11-27-24/h5-6,14,18,20H,3-4,7-13,15H2,1-2H3,(H,28,33)(H,31,32)(H2,25,26,27). The number of piperidine rings is 1. The quantitative estimate of drug-likeness (QED) is 0.417. The van der Waals surface area contributed by atoms with Crippen LogP contribution in [0.2, 0.25) is 0 Å². The zero-order chi connectivity index (χ0) is 23.8. The minimum absolute atomic E-state index is 0.107. The first-order valence-corrected chi connectivity index (χ1v) is 11.7. The third-order valence-corrected chi connectivity index (χ3v) is 6.38. The SMILES string of the molecule is Cc1ccc(C(CC(=O)O)NC(=O)C2CCN(C(=O)CCCNC3=NCCN3)CC2)cc1C. The molecular weight excluding hydrogens is 422 g/mol. The number of hydrogen-bond acceptors (Lipinski definition) is 6. The van der Waals surface area contributed by atoms with Crippen molar-refractivity contribution >= 4 is 23.7 Å². The molecule has 1 unspecified atom stereocenters. The average molecular weight is 458 g/mol. The maximum Gasteiger partial charge on any atom is 0.305 e. The molecule has 0 radical (unpaired) electrons. The van der Waals surface area contributed by atoms with Gasteiger partial charge in [-0.25, -0.2) is 0 Å². The van der Waals surface area contributed by atoms with Gasteiger partial charge in [-0.15, -0.1) is 0 Å². The number of aliphatic carboxylic acids is 1. The zero-order valence-corrected chi connectivity index (χ0v) is 19.5. The lowest BCUT2D eigenvalue weighted by atomic mass is 9.93. The van der Waals surface area contributed by atoms with Crippen molar-refractivity contribution in [2.24, 2.45) is 10.9 Å². The van der Waals surface area contributed by atoms with Crippen LogP contribution in [0, 0.1) is 19.8 Å². The Hall–Kier alpha value is -3.10. The number of carboxylic acids is 1. The van der Waals surface area contributed by atoms with E-state index in [-0.39, 0.29) is 24.2 Å². The number of nitrogens with zero attached hydrogens (tertiary/aromatic N) is 2. The summed E-state index contributed by atoms with van der Waals surface area (Å²) in [6.45, 7) is 7.40. The van der Waals surface area contributed by atoms with E-state index in [0.29, 0.717) is 38.9 Å². The summed E-state index contributed by atoms with van der Waals surface area (Å²) in [7, 11) is 0. The second kappa shape index (κ2) is 11.7. The molecule has 0 bridgehead atoms. The first kappa shape index (κ1) is 24.5. The van der Waals surface area contributed by atoms with E-state index in [4.69, 9.17) is 0 Å². The van der Waals surface area contributed by atoms with Crippen LogP contribution in [0.4, 0.5) is 0 Å². The van der Waals surface area contributed by atoms with Crippen molar-refractivity contribution in [3.63, 3.8) is 0 Å². The fourth-order valence-electron chi connectivity index (χ4n) is 4.21. The number of likely N-dealkylation sites (tertiary alicyclic amines) is 1. The molecule has 2 aliphatic rings. The van der Waals surface area contributed by atoms with E-state index < -0.39 is 12.0 Å². The summed E-state index contributed by atoms with van der Waals surface area (Å²) in [6, 6.07) is 5.19. The van der Waals surface area contributed by atoms with Gasteiger partial charge in [-0.2, -0.15) is 0 Å². The summed E-state index contributed by atoms with van der Waals surface area (Å²) in [5, 5.41) is 18.6. The first-order chi connectivity index (χ1) is 15.8. The molecule has 2 amide bonds. The number of aliphatic imine (C=N–C) groups is 1. The van der Waals surface area contributed by atoms with Gasteiger partial charge < -0.3 is 26.0 Å². The third-order valence-electron chi connectivity index (χ3n) is 6.38. The van der Waals surface area contributed by atoms with E-state index in [1.807, 2.05) is 36.9 Å². The zero-order valence-electron chi connectivity index (χ0n) is 19.5. The largest absolute Gasteiger partial charge is 0.481 e. The van der Waals surface area contributed by atoms with Crippen LogP contribution in [-0.2, 0) is 14.4 Å². The van der Waals surface area contributed by atoms with Gasteiger partial charge in [0.2, 0.25) is 11.8 Å². The molecule has 33 heavy (non-hydrogen) atoms. The second-order valence-corrected chi connectivity index (χ2v) is 8.85. The Morgan fingerprint density at radius 1 is 1.21 bits per heavy atom. The Morgan fingerprint density at radius 3 is 2.61 bits per heavy atom. The minimum Gasteiger partial charge on any atom is -0.481 e. The van der Waals surface area contributed by atoms with Gasteiger partial charge in [-0.3, -0.25) is 19.4 Å². The number of carbonyl (C=O) groups excluding carboxylic acids is 2. The first-order valence-electron chi connectivity index (χ1n) is 11.7. The Balaban J connectivity index is 1.45. The molecular formula is C24H35N5O4. The van der Waals surface area contributed by atoms with Crippen LogP contribution in [0.3, 0.4) is 0 Å². The van der Waals surface area contributed by atoms with Gasteiger partial charge in [0, 0.05) is 38.5 Å². The Labute approximate surface area is 195 Å². The van der Waals surface area contributed by atoms with E-state index in [9.17, 15) is 19.5 Å². The maximum absolute atomic E-state index is 12.9. The van der Waals surface area contributed by atoms with E-state index in [1.165, 1.54) is 0 Å². The molecule has 0 saturated carbocycles. The van der Waals surface area contributed by atoms with Gasteiger partial charge in [0.15, 0.2) is 5.96 Å². The molecule has 2 heterocycles. The lowest BCUT2D eigenvalue weighted by molar-refractivity contribution is -0.139. The predicted molar refractivity (Wildman–Crippen MR) is 126 cm³/mol. The van der Waals surface area contributed by atoms with Crippen molar-refractivity contribution < 1.29 is 19.5 Å². The van der Waals surface area contributed by atoms with Crippen molar-refractivity contribution in [2.75, 3.05) is 32.7 Å². The van der Waals surface area contributed by atoms with Gasteiger partial charge >= 0.3 is 5.97 Å². The highest BCUT2D eigenvalue weighted by Crippen LogP contribution is 2.23. The molecule has 2 aliphatic heterocycles. The number of benzene rings is 1. The van der Waals surface area contributed by atoms with Gasteiger partial charge in [-0.05, 0) is 49.8 Å². The topological polar surface area (TPSA) is 123 Å². The Bertz CT molecular complexity index is 893. The number of amides is 2. The molecule has 0 aliphatic carbocycles. The van der Waals surface area contributed by atoms with E-state index in [0.717, 1.165) is 42.2 Å². The number of aryl methyl sites for hydroxylation is 2. The van der Waals surface area contributed by atoms with Gasteiger partial charge in [0.25, 0.3) is 0 Å². The van der Waals surface area contributed by atoms with E-state index >= 15 is 0 Å². The summed E-state index contributed by atoms with van der Waals surface area (Å²) in [4.78, 5) is 42.9. The maximum atomic E-state index is 12.9. The highest BCUT2D eigenvalue weighted by atomic mass is 16.4. The van der Waals surface area contributed by atoms with Gasteiger partial charge in [-0.1, -0.05) is 18.2 Å². The molecule has 1 atom stereocenters. The number of carbonyl (C=O) groups is 3. The van der Waals surface area contributed by atoms with Crippen molar-refractivity contribution in [1.29, 1.82) is 0 Å². The summed E-state index contributed by atoms with van der Waals surface area (Å²) in [5.41, 5.74) is 2.98. The molecule has 9 heteroatoms. The van der Waals surface area contributed by atoms with Gasteiger partial charge in [0.1, 0.15) is 0 Å².